The molecule has 1 fully saturated rings. The van der Waals surface area contributed by atoms with Crippen LogP contribution in [0.4, 0.5) is 10.5 Å². The van der Waals surface area contributed by atoms with Gasteiger partial charge >= 0.3 is 6.03 Å². The molecule has 1 aliphatic rings. The Morgan fingerprint density at radius 3 is 2.33 bits per heavy atom. The SMILES string of the molecule is CCCCOc1ccc(N2C(=O)NC(=O)/C(=C/c3cc(Cl)c(OCc4ccc(Cl)c(Cl)c4)c(OC)c3)C2=O)cc1. The van der Waals surface area contributed by atoms with E-state index in [0.29, 0.717) is 28.0 Å². The number of nitrogens with one attached hydrogen (secondary N) is 1. The zero-order chi connectivity index (χ0) is 28.8. The minimum absolute atomic E-state index is 0.133. The number of barbiturate groups is 1. The molecule has 0 bridgehead atoms. The summed E-state index contributed by atoms with van der Waals surface area (Å²) in [5.41, 5.74) is 1.17. The van der Waals surface area contributed by atoms with E-state index < -0.39 is 17.8 Å². The molecule has 1 saturated heterocycles. The Morgan fingerprint density at radius 2 is 1.65 bits per heavy atom. The molecule has 11 heteroatoms. The van der Waals surface area contributed by atoms with Crippen LogP contribution >= 0.6 is 34.8 Å². The molecular formula is C29H25Cl3N2O6. The number of halogens is 3. The van der Waals surface area contributed by atoms with Gasteiger partial charge in [0.2, 0.25) is 0 Å². The molecule has 208 valence electrons. The standard InChI is InChI=1S/C29H25Cl3N2O6/c1-3-4-11-39-20-8-6-19(7-9-20)34-28(36)21(27(35)33-29(34)37)12-18-14-24(32)26(25(15-18)38-2)40-16-17-5-10-22(30)23(31)13-17/h5-10,12-15H,3-4,11,16H2,1-2H3,(H,33,35,37)/b21-12-. The number of rotatable bonds is 10. The maximum absolute atomic E-state index is 13.3. The van der Waals surface area contributed by atoms with Gasteiger partial charge < -0.3 is 14.2 Å². The third-order valence-electron chi connectivity index (χ3n) is 5.89. The van der Waals surface area contributed by atoms with Crippen molar-refractivity contribution in [2.45, 2.75) is 26.4 Å². The lowest BCUT2D eigenvalue weighted by molar-refractivity contribution is -0.122. The van der Waals surface area contributed by atoms with E-state index >= 15 is 0 Å². The third-order valence-corrected chi connectivity index (χ3v) is 6.91. The lowest BCUT2D eigenvalue weighted by Crippen LogP contribution is -2.54. The van der Waals surface area contributed by atoms with Crippen molar-refractivity contribution in [1.29, 1.82) is 0 Å². The number of anilines is 1. The number of carbonyl (C=O) groups is 3. The molecule has 0 saturated carbocycles. The summed E-state index contributed by atoms with van der Waals surface area (Å²) < 4.78 is 17.0. The van der Waals surface area contributed by atoms with Gasteiger partial charge in [0.15, 0.2) is 11.5 Å². The molecule has 4 amide bonds. The highest BCUT2D eigenvalue weighted by Gasteiger charge is 2.37. The second-order valence-electron chi connectivity index (χ2n) is 8.73. The zero-order valence-corrected chi connectivity index (χ0v) is 23.9. The first-order valence-electron chi connectivity index (χ1n) is 12.3. The van der Waals surface area contributed by atoms with Crippen molar-refractivity contribution >= 4 is 64.4 Å². The molecule has 1 aliphatic heterocycles. The van der Waals surface area contributed by atoms with Crippen LogP contribution in [0.15, 0.2) is 60.2 Å². The van der Waals surface area contributed by atoms with Crippen molar-refractivity contribution < 1.29 is 28.6 Å². The molecule has 0 aliphatic carbocycles. The van der Waals surface area contributed by atoms with Crippen molar-refractivity contribution in [3.63, 3.8) is 0 Å². The van der Waals surface area contributed by atoms with Crippen LogP contribution in [0.3, 0.4) is 0 Å². The molecule has 0 atom stereocenters. The highest BCUT2D eigenvalue weighted by Crippen LogP contribution is 2.38. The van der Waals surface area contributed by atoms with Crippen molar-refractivity contribution in [3.8, 4) is 17.2 Å². The van der Waals surface area contributed by atoms with Crippen LogP contribution in [0, 0.1) is 0 Å². The first kappa shape index (κ1) is 29.3. The lowest BCUT2D eigenvalue weighted by Gasteiger charge is -2.26. The maximum atomic E-state index is 13.3. The number of carbonyl (C=O) groups excluding carboxylic acids is 3. The first-order valence-corrected chi connectivity index (χ1v) is 13.4. The number of hydrogen-bond donors (Lipinski definition) is 1. The predicted molar refractivity (Wildman–Crippen MR) is 155 cm³/mol. The zero-order valence-electron chi connectivity index (χ0n) is 21.6. The summed E-state index contributed by atoms with van der Waals surface area (Å²) in [4.78, 5) is 39.4. The molecule has 0 unspecified atom stereocenters. The Kier molecular flexibility index (Phi) is 9.58. The van der Waals surface area contributed by atoms with Gasteiger partial charge in [0.05, 0.1) is 34.5 Å². The number of urea groups is 1. The van der Waals surface area contributed by atoms with Crippen LogP contribution in [-0.2, 0) is 16.2 Å². The highest BCUT2D eigenvalue weighted by molar-refractivity contribution is 6.42. The molecule has 1 heterocycles. The van der Waals surface area contributed by atoms with E-state index in [0.717, 1.165) is 23.3 Å². The highest BCUT2D eigenvalue weighted by atomic mass is 35.5. The molecule has 0 radical (unpaired) electrons. The van der Waals surface area contributed by atoms with Gasteiger partial charge in [-0.15, -0.1) is 0 Å². The first-order chi connectivity index (χ1) is 19.2. The Morgan fingerprint density at radius 1 is 0.900 bits per heavy atom. The van der Waals surface area contributed by atoms with Crippen LogP contribution in [0.5, 0.6) is 17.2 Å². The van der Waals surface area contributed by atoms with Gasteiger partial charge in [0.25, 0.3) is 11.8 Å². The molecule has 8 nitrogen and oxygen atoms in total. The van der Waals surface area contributed by atoms with Gasteiger partial charge in [-0.3, -0.25) is 14.9 Å². The van der Waals surface area contributed by atoms with E-state index in [2.05, 4.69) is 12.2 Å². The number of amides is 4. The van der Waals surface area contributed by atoms with Crippen molar-refractivity contribution in [3.05, 3.63) is 86.4 Å². The quantitative estimate of drug-likeness (QED) is 0.151. The van der Waals surface area contributed by atoms with Gasteiger partial charge in [-0.25, -0.2) is 9.69 Å². The third kappa shape index (κ3) is 6.70. The van der Waals surface area contributed by atoms with Crippen LogP contribution < -0.4 is 24.4 Å². The van der Waals surface area contributed by atoms with Gasteiger partial charge in [-0.1, -0.05) is 54.2 Å². The van der Waals surface area contributed by atoms with E-state index in [1.54, 1.807) is 48.5 Å². The van der Waals surface area contributed by atoms with E-state index in [4.69, 9.17) is 49.0 Å². The predicted octanol–water partition coefficient (Wildman–Crippen LogP) is 7.08. The number of ether oxygens (including phenoxy) is 3. The summed E-state index contributed by atoms with van der Waals surface area (Å²) in [6.45, 7) is 2.75. The maximum Gasteiger partial charge on any atom is 0.335 e. The van der Waals surface area contributed by atoms with Crippen LogP contribution in [0.2, 0.25) is 15.1 Å². The summed E-state index contributed by atoms with van der Waals surface area (Å²) in [5, 5.41) is 3.20. The fourth-order valence-electron chi connectivity index (χ4n) is 3.83. The molecular weight excluding hydrogens is 579 g/mol. The van der Waals surface area contributed by atoms with Crippen molar-refractivity contribution in [2.24, 2.45) is 0 Å². The largest absolute Gasteiger partial charge is 0.494 e. The summed E-state index contributed by atoms with van der Waals surface area (Å²) in [7, 11) is 1.43. The number of hydrogen-bond acceptors (Lipinski definition) is 6. The fourth-order valence-corrected chi connectivity index (χ4v) is 4.43. The number of imide groups is 2. The minimum atomic E-state index is -0.853. The number of nitrogens with zero attached hydrogens (tertiary/aromatic N) is 1. The van der Waals surface area contributed by atoms with Crippen LogP contribution in [0.25, 0.3) is 6.08 Å². The molecule has 0 spiro atoms. The van der Waals surface area contributed by atoms with E-state index in [1.807, 2.05) is 0 Å². The summed E-state index contributed by atoms with van der Waals surface area (Å²) in [6, 6.07) is 13.8. The fraction of sp³-hybridized carbons (Fsp3) is 0.207. The number of methoxy groups -OCH3 is 1. The molecule has 3 aromatic carbocycles. The van der Waals surface area contributed by atoms with Crippen LogP contribution in [0.1, 0.15) is 30.9 Å². The number of benzene rings is 3. The number of unbranched alkanes of at least 4 members (excludes halogenated alkanes) is 1. The summed E-state index contributed by atoms with van der Waals surface area (Å²) >= 11 is 18.5. The van der Waals surface area contributed by atoms with Gasteiger partial charge in [0, 0.05) is 0 Å². The monoisotopic (exact) mass is 602 g/mol. The van der Waals surface area contributed by atoms with Gasteiger partial charge in [-0.05, 0) is 72.2 Å². The van der Waals surface area contributed by atoms with E-state index in [-0.39, 0.29) is 34.4 Å². The summed E-state index contributed by atoms with van der Waals surface area (Å²) in [6.07, 6.45) is 3.23. The van der Waals surface area contributed by atoms with Gasteiger partial charge in [-0.2, -0.15) is 0 Å². The second-order valence-corrected chi connectivity index (χ2v) is 9.95. The Hall–Kier alpha value is -3.72. The van der Waals surface area contributed by atoms with Crippen molar-refractivity contribution in [1.82, 2.24) is 5.32 Å². The second kappa shape index (κ2) is 13.1. The summed E-state index contributed by atoms with van der Waals surface area (Å²) in [5.74, 6) is -0.481. The van der Waals surface area contributed by atoms with Gasteiger partial charge in [0.1, 0.15) is 17.9 Å². The average Bonchev–Trinajstić information content (AvgIpc) is 2.93. The minimum Gasteiger partial charge on any atom is -0.494 e. The molecule has 4 rings (SSSR count). The Balaban J connectivity index is 1.57. The van der Waals surface area contributed by atoms with Crippen LogP contribution in [-0.4, -0.2) is 31.6 Å². The topological polar surface area (TPSA) is 94.2 Å². The smallest absolute Gasteiger partial charge is 0.335 e. The molecule has 0 aromatic heterocycles. The molecule has 3 aromatic rings. The van der Waals surface area contributed by atoms with E-state index in [1.165, 1.54) is 19.3 Å². The average molecular weight is 604 g/mol. The Labute approximate surface area is 246 Å². The molecule has 1 N–H and O–H groups in total. The van der Waals surface area contributed by atoms with Crippen molar-refractivity contribution in [2.75, 3.05) is 18.6 Å². The Bertz CT molecular complexity index is 1470. The molecule has 40 heavy (non-hydrogen) atoms. The van der Waals surface area contributed by atoms with E-state index in [9.17, 15) is 14.4 Å². The lowest BCUT2D eigenvalue weighted by atomic mass is 10.1. The normalized spacial score (nSPS) is 14.4.